The Balaban J connectivity index is 1.21. The number of nitrogens with zero attached hydrogens (tertiary/aromatic N) is 4. The standard InChI is InChI=1S/C27H43N5O3/c1-4-6-8-22(28-3)19-29-25(33)32-13-7-9-24(32)21-10-14-30(15-11-21)23-17-27(18-23)12-16-31(20-27)26(34)35-5-2/h4,6,8,21,23-24H,3,5,7,9-20H2,1-2H3,(H,29,33)/b6-4-,22-8-/t23?,24-,27?/m0/s1. The van der Waals surface area contributed by atoms with Gasteiger partial charge in [0.15, 0.2) is 0 Å². The van der Waals surface area contributed by atoms with Gasteiger partial charge in [0.2, 0.25) is 0 Å². The number of aliphatic imine (C=N–C) groups is 1. The van der Waals surface area contributed by atoms with Crippen LogP contribution >= 0.6 is 0 Å². The summed E-state index contributed by atoms with van der Waals surface area (Å²) in [4.78, 5) is 35.7. The molecule has 3 saturated heterocycles. The maximum absolute atomic E-state index is 12.9. The number of carbonyl (C=O) groups excluding carboxylic acids is 2. The van der Waals surface area contributed by atoms with Crippen molar-refractivity contribution < 1.29 is 14.3 Å². The number of piperidine rings is 1. The van der Waals surface area contributed by atoms with Crippen LogP contribution in [0, 0.1) is 11.3 Å². The van der Waals surface area contributed by atoms with Crippen molar-refractivity contribution in [3.63, 3.8) is 0 Å². The average molecular weight is 486 g/mol. The Hall–Kier alpha value is -2.35. The second-order valence-corrected chi connectivity index (χ2v) is 10.7. The first kappa shape index (κ1) is 25.7. The summed E-state index contributed by atoms with van der Waals surface area (Å²) in [6, 6.07) is 1.02. The molecule has 0 aromatic carbocycles. The van der Waals surface area contributed by atoms with Crippen LogP contribution in [0.15, 0.2) is 28.9 Å². The predicted molar refractivity (Wildman–Crippen MR) is 139 cm³/mol. The number of nitrogens with one attached hydrogen (secondary N) is 1. The van der Waals surface area contributed by atoms with Gasteiger partial charge < -0.3 is 24.8 Å². The van der Waals surface area contributed by atoms with Gasteiger partial charge in [-0.05, 0) is 96.0 Å². The Bertz CT molecular complexity index is 827. The van der Waals surface area contributed by atoms with Gasteiger partial charge in [0.1, 0.15) is 0 Å². The van der Waals surface area contributed by atoms with Crippen LogP contribution in [0.2, 0.25) is 0 Å². The molecule has 8 nitrogen and oxygen atoms in total. The highest BCUT2D eigenvalue weighted by atomic mass is 16.6. The third-order valence-corrected chi connectivity index (χ3v) is 8.60. The van der Waals surface area contributed by atoms with Crippen molar-refractivity contribution in [2.75, 3.05) is 45.9 Å². The number of allylic oxidation sites excluding steroid dienone is 3. The van der Waals surface area contributed by atoms with Crippen LogP contribution < -0.4 is 5.32 Å². The number of likely N-dealkylation sites (tertiary alicyclic amines) is 3. The fourth-order valence-corrected chi connectivity index (χ4v) is 6.68. The molecule has 8 heteroatoms. The van der Waals surface area contributed by atoms with E-state index in [4.69, 9.17) is 4.74 Å². The van der Waals surface area contributed by atoms with E-state index in [0.29, 0.717) is 36.6 Å². The number of hydrogen-bond donors (Lipinski definition) is 1. The molecule has 4 rings (SSSR count). The Kier molecular flexibility index (Phi) is 8.52. The Morgan fingerprint density at radius 3 is 2.63 bits per heavy atom. The minimum atomic E-state index is -0.149. The second kappa shape index (κ2) is 11.6. The maximum atomic E-state index is 12.9. The summed E-state index contributed by atoms with van der Waals surface area (Å²) in [5, 5.41) is 3.05. The smallest absolute Gasteiger partial charge is 0.409 e. The van der Waals surface area contributed by atoms with Crippen LogP contribution in [-0.2, 0) is 4.74 Å². The van der Waals surface area contributed by atoms with Crippen molar-refractivity contribution >= 4 is 18.8 Å². The number of amides is 3. The van der Waals surface area contributed by atoms with E-state index in [0.717, 1.165) is 70.5 Å². The molecule has 0 aromatic rings. The highest BCUT2D eigenvalue weighted by Crippen LogP contribution is 2.51. The van der Waals surface area contributed by atoms with Crippen LogP contribution in [0.3, 0.4) is 0 Å². The van der Waals surface area contributed by atoms with Crippen molar-refractivity contribution in [1.82, 2.24) is 20.0 Å². The van der Waals surface area contributed by atoms with Crippen molar-refractivity contribution in [1.29, 1.82) is 0 Å². The van der Waals surface area contributed by atoms with Crippen molar-refractivity contribution in [3.05, 3.63) is 23.9 Å². The second-order valence-electron chi connectivity index (χ2n) is 10.7. The van der Waals surface area contributed by atoms with E-state index in [-0.39, 0.29) is 12.1 Å². The molecule has 1 spiro atoms. The van der Waals surface area contributed by atoms with Gasteiger partial charge in [-0.25, -0.2) is 9.59 Å². The molecule has 4 fully saturated rings. The van der Waals surface area contributed by atoms with E-state index >= 15 is 0 Å². The SMILES string of the molecule is C=N/C(=C\C=C/C)CNC(=O)N1CCC[C@H]1C1CCN(C2CC3(CCN(C(=O)OCC)C3)C2)CC1. The molecular formula is C27H43N5O3. The first-order valence-electron chi connectivity index (χ1n) is 13.5. The van der Waals surface area contributed by atoms with Crippen molar-refractivity contribution in [3.8, 4) is 0 Å². The molecule has 4 aliphatic rings. The van der Waals surface area contributed by atoms with Gasteiger partial charge in [0, 0.05) is 31.7 Å². The number of ether oxygens (including phenoxy) is 1. The van der Waals surface area contributed by atoms with E-state index in [1.165, 1.54) is 12.8 Å². The minimum absolute atomic E-state index is 0.0262. The molecule has 3 heterocycles. The third-order valence-electron chi connectivity index (χ3n) is 8.60. The minimum Gasteiger partial charge on any atom is -0.450 e. The van der Waals surface area contributed by atoms with E-state index in [1.54, 1.807) is 0 Å². The summed E-state index contributed by atoms with van der Waals surface area (Å²) in [5.74, 6) is 0.579. The third kappa shape index (κ3) is 5.90. The van der Waals surface area contributed by atoms with Gasteiger partial charge in [0.05, 0.1) is 18.8 Å². The van der Waals surface area contributed by atoms with E-state index in [2.05, 4.69) is 26.8 Å². The van der Waals surface area contributed by atoms with E-state index in [9.17, 15) is 9.59 Å². The first-order chi connectivity index (χ1) is 17.0. The molecule has 3 aliphatic heterocycles. The fourth-order valence-electron chi connectivity index (χ4n) is 6.68. The highest BCUT2D eigenvalue weighted by molar-refractivity contribution is 5.75. The van der Waals surface area contributed by atoms with Crippen LogP contribution in [0.25, 0.3) is 0 Å². The van der Waals surface area contributed by atoms with Gasteiger partial charge in [-0.2, -0.15) is 0 Å². The summed E-state index contributed by atoms with van der Waals surface area (Å²) >= 11 is 0. The summed E-state index contributed by atoms with van der Waals surface area (Å²) < 4.78 is 5.20. The predicted octanol–water partition coefficient (Wildman–Crippen LogP) is 4.04. The molecular weight excluding hydrogens is 442 g/mol. The average Bonchev–Trinajstić information content (AvgIpc) is 3.52. The molecule has 0 bridgehead atoms. The van der Waals surface area contributed by atoms with Crippen molar-refractivity contribution in [2.45, 2.75) is 70.9 Å². The summed E-state index contributed by atoms with van der Waals surface area (Å²) in [6.45, 7) is 13.1. The van der Waals surface area contributed by atoms with Crippen LogP contribution in [-0.4, -0.2) is 91.5 Å². The zero-order chi connectivity index (χ0) is 24.8. The lowest BCUT2D eigenvalue weighted by atomic mass is 9.64. The van der Waals surface area contributed by atoms with Gasteiger partial charge in [-0.15, -0.1) is 0 Å². The van der Waals surface area contributed by atoms with Crippen LogP contribution in [0.5, 0.6) is 0 Å². The lowest BCUT2D eigenvalue weighted by molar-refractivity contribution is -0.0144. The molecule has 0 aromatic heterocycles. The lowest BCUT2D eigenvalue weighted by Gasteiger charge is -2.52. The topological polar surface area (TPSA) is 77.5 Å². The van der Waals surface area contributed by atoms with E-state index < -0.39 is 0 Å². The number of urea groups is 1. The summed E-state index contributed by atoms with van der Waals surface area (Å²) in [7, 11) is 0. The van der Waals surface area contributed by atoms with Crippen LogP contribution in [0.4, 0.5) is 9.59 Å². The molecule has 3 amide bonds. The normalized spacial score (nSPS) is 30.2. The molecule has 0 radical (unpaired) electrons. The fraction of sp³-hybridized carbons (Fsp3) is 0.741. The molecule has 0 unspecified atom stereocenters. The zero-order valence-corrected chi connectivity index (χ0v) is 21.6. The molecule has 1 aliphatic carbocycles. The van der Waals surface area contributed by atoms with E-state index in [1.807, 2.05) is 37.0 Å². The Labute approximate surface area is 210 Å². The summed E-state index contributed by atoms with van der Waals surface area (Å²) in [6.07, 6.45) is 13.6. The van der Waals surface area contributed by atoms with Crippen molar-refractivity contribution in [2.24, 2.45) is 16.3 Å². The molecule has 1 saturated carbocycles. The Morgan fingerprint density at radius 2 is 1.94 bits per heavy atom. The quantitative estimate of drug-likeness (QED) is 0.436. The van der Waals surface area contributed by atoms with Gasteiger partial charge in [-0.1, -0.05) is 12.2 Å². The largest absolute Gasteiger partial charge is 0.450 e. The number of carbonyl (C=O) groups is 2. The zero-order valence-electron chi connectivity index (χ0n) is 21.6. The molecule has 35 heavy (non-hydrogen) atoms. The van der Waals surface area contributed by atoms with Gasteiger partial charge >= 0.3 is 12.1 Å². The number of rotatable bonds is 7. The molecule has 194 valence electrons. The Morgan fingerprint density at radius 1 is 1.17 bits per heavy atom. The first-order valence-corrected chi connectivity index (χ1v) is 13.5. The number of hydrogen-bond acceptors (Lipinski definition) is 5. The van der Waals surface area contributed by atoms with Crippen LogP contribution in [0.1, 0.15) is 58.8 Å². The maximum Gasteiger partial charge on any atom is 0.409 e. The summed E-state index contributed by atoms with van der Waals surface area (Å²) in [5.41, 5.74) is 1.08. The molecule has 1 atom stereocenters. The van der Waals surface area contributed by atoms with Gasteiger partial charge in [0.25, 0.3) is 0 Å². The highest BCUT2D eigenvalue weighted by Gasteiger charge is 2.51. The van der Waals surface area contributed by atoms with Gasteiger partial charge in [-0.3, -0.25) is 4.99 Å². The monoisotopic (exact) mass is 485 g/mol. The lowest BCUT2D eigenvalue weighted by Crippen LogP contribution is -2.55. The molecule has 1 N–H and O–H groups in total.